The first-order chi connectivity index (χ1) is 33.3. The lowest BCUT2D eigenvalue weighted by atomic mass is 9.54. The zero-order chi connectivity index (χ0) is 46.9. The summed E-state index contributed by atoms with van der Waals surface area (Å²) < 4.78 is 48.3. The molecule has 1 aliphatic heterocycles. The molecule has 1 aliphatic rings. The highest BCUT2D eigenvalue weighted by atomic mass is 16.6. The van der Waals surface area contributed by atoms with E-state index < -0.39 is 17.1 Å². The first-order valence-corrected chi connectivity index (χ1v) is 22.6. The number of phenols is 2. The van der Waals surface area contributed by atoms with Crippen LogP contribution < -0.4 is 28.4 Å². The molecule has 9 rings (SSSR count). The summed E-state index contributed by atoms with van der Waals surface area (Å²) in [5.41, 5.74) is 3.73. The molecule has 0 aromatic heterocycles. The molecule has 2 N–H and O–H groups in total. The van der Waals surface area contributed by atoms with Crippen LogP contribution in [0.1, 0.15) is 50.6 Å². The fourth-order valence-electron chi connectivity index (χ4n) is 9.62. The van der Waals surface area contributed by atoms with Crippen LogP contribution in [-0.2, 0) is 42.8 Å². The lowest BCUT2D eigenvalue weighted by molar-refractivity contribution is -0.175. The number of ether oxygens (including phenoxy) is 7. The molecule has 8 aromatic carbocycles. The predicted molar refractivity (Wildman–Crippen MR) is 262 cm³/mol. The molecular weight excluding hydrogens is 853 g/mol. The van der Waals surface area contributed by atoms with E-state index in [1.165, 1.54) is 6.07 Å². The molecule has 9 nitrogen and oxygen atoms in total. The summed E-state index contributed by atoms with van der Waals surface area (Å²) >= 11 is 0. The fourth-order valence-corrected chi connectivity index (χ4v) is 9.62. The minimum absolute atomic E-state index is 0.142. The normalized spacial score (nSPS) is 17.3. The molecule has 9 heteroatoms. The molecule has 0 aliphatic carbocycles. The van der Waals surface area contributed by atoms with Crippen molar-refractivity contribution >= 4 is 0 Å². The van der Waals surface area contributed by atoms with E-state index in [1.807, 2.05) is 152 Å². The Morgan fingerprint density at radius 1 is 0.441 bits per heavy atom. The second-order valence-corrected chi connectivity index (χ2v) is 16.9. The van der Waals surface area contributed by atoms with Gasteiger partial charge in [-0.2, -0.15) is 0 Å². The van der Waals surface area contributed by atoms with Crippen molar-refractivity contribution in [3.05, 3.63) is 239 Å². The summed E-state index contributed by atoms with van der Waals surface area (Å²) in [6.07, 6.45) is -0.476. The summed E-state index contributed by atoms with van der Waals surface area (Å²) in [7, 11) is 4.89. The molecule has 68 heavy (non-hydrogen) atoms. The van der Waals surface area contributed by atoms with Crippen molar-refractivity contribution < 1.29 is 43.4 Å². The maximum absolute atomic E-state index is 11.4. The number of aromatic hydroxyl groups is 2. The quantitative estimate of drug-likeness (QED) is 0.0814. The van der Waals surface area contributed by atoms with Gasteiger partial charge in [-0.05, 0) is 51.9 Å². The van der Waals surface area contributed by atoms with Crippen molar-refractivity contribution in [1.82, 2.24) is 0 Å². The van der Waals surface area contributed by atoms with Crippen LogP contribution in [0.15, 0.2) is 194 Å². The van der Waals surface area contributed by atoms with E-state index in [-0.39, 0.29) is 44.2 Å². The Morgan fingerprint density at radius 3 is 1.44 bits per heavy atom. The van der Waals surface area contributed by atoms with Gasteiger partial charge in [0.1, 0.15) is 53.3 Å². The van der Waals surface area contributed by atoms with Crippen LogP contribution in [0.3, 0.4) is 0 Å². The molecular formula is C59H54O9. The number of benzene rings is 8. The Kier molecular flexibility index (Phi) is 13.5. The molecule has 0 spiro atoms. The number of hydrogen-bond acceptors (Lipinski definition) is 9. The Hall–Kier alpha value is -7.88. The van der Waals surface area contributed by atoms with Crippen LogP contribution >= 0.6 is 0 Å². The predicted octanol–water partition coefficient (Wildman–Crippen LogP) is 12.1. The van der Waals surface area contributed by atoms with Gasteiger partial charge in [0.05, 0.1) is 44.5 Å². The van der Waals surface area contributed by atoms with Crippen molar-refractivity contribution in [2.24, 2.45) is 0 Å². The molecule has 344 valence electrons. The molecule has 1 unspecified atom stereocenters. The first kappa shape index (κ1) is 45.3. The standard InChI is InChI=1S/C59H54O9/c1-62-47-32-51(63-2)55(52(33-47)64-3)58(36-41-19-9-4-10-20-41)56-53(66-39-44-25-15-7-16-26-44)34-48(65-38-43-23-13-6-14-24-43)35-54(56)68-57(46-29-30-49(60)50(61)31-46)59(58,37-42-21-11-5-12-22-42)67-40-45-27-17-8-18-28-45/h4-35,57,60-61H,36-40H2,1-3H3/t57-,58?,59+/m1/s1. The van der Waals surface area contributed by atoms with Crippen LogP contribution in [0.4, 0.5) is 0 Å². The minimum atomic E-state index is -1.50. The van der Waals surface area contributed by atoms with Gasteiger partial charge in [-0.1, -0.05) is 158 Å². The molecule has 3 atom stereocenters. The van der Waals surface area contributed by atoms with Crippen molar-refractivity contribution in [2.45, 2.75) is 49.8 Å². The second-order valence-electron chi connectivity index (χ2n) is 16.9. The first-order valence-electron chi connectivity index (χ1n) is 22.6. The zero-order valence-corrected chi connectivity index (χ0v) is 38.3. The average molecular weight is 907 g/mol. The lowest BCUT2D eigenvalue weighted by Crippen LogP contribution is -2.64. The Morgan fingerprint density at radius 2 is 0.926 bits per heavy atom. The summed E-state index contributed by atoms with van der Waals surface area (Å²) in [6, 6.07) is 62.8. The van der Waals surface area contributed by atoms with Crippen LogP contribution in [0.2, 0.25) is 0 Å². The average Bonchev–Trinajstić information content (AvgIpc) is 3.39. The molecule has 0 saturated carbocycles. The third-order valence-corrected chi connectivity index (χ3v) is 12.7. The maximum atomic E-state index is 11.4. The second kappa shape index (κ2) is 20.3. The van der Waals surface area contributed by atoms with E-state index in [9.17, 15) is 10.2 Å². The third kappa shape index (κ3) is 9.13. The van der Waals surface area contributed by atoms with Crippen molar-refractivity contribution in [1.29, 1.82) is 0 Å². The Labute approximate surface area is 397 Å². The third-order valence-electron chi connectivity index (χ3n) is 12.7. The van der Waals surface area contributed by atoms with Crippen LogP contribution in [0.25, 0.3) is 0 Å². The Balaban J connectivity index is 1.46. The number of phenolic OH excluding ortho intramolecular Hbond substituents is 2. The highest BCUT2D eigenvalue weighted by Gasteiger charge is 2.67. The van der Waals surface area contributed by atoms with Crippen molar-refractivity contribution in [2.75, 3.05) is 21.3 Å². The highest BCUT2D eigenvalue weighted by Crippen LogP contribution is 2.66. The van der Waals surface area contributed by atoms with Gasteiger partial charge in [-0.3, -0.25) is 0 Å². The van der Waals surface area contributed by atoms with Crippen LogP contribution in [0, 0.1) is 0 Å². The van der Waals surface area contributed by atoms with E-state index in [2.05, 4.69) is 24.3 Å². The maximum Gasteiger partial charge on any atom is 0.157 e. The number of rotatable bonds is 18. The van der Waals surface area contributed by atoms with Gasteiger partial charge in [0.15, 0.2) is 17.6 Å². The monoisotopic (exact) mass is 906 g/mol. The summed E-state index contributed by atoms with van der Waals surface area (Å²) in [5.74, 6) is 2.31. The van der Waals surface area contributed by atoms with Crippen molar-refractivity contribution in [3.8, 4) is 46.0 Å². The van der Waals surface area contributed by atoms with Crippen LogP contribution in [-0.4, -0.2) is 37.1 Å². The van der Waals surface area contributed by atoms with Gasteiger partial charge in [-0.25, -0.2) is 0 Å². The van der Waals surface area contributed by atoms with E-state index in [4.69, 9.17) is 33.2 Å². The number of hydrogen-bond donors (Lipinski definition) is 2. The number of fused-ring (bicyclic) bond motifs is 1. The zero-order valence-electron chi connectivity index (χ0n) is 38.3. The van der Waals surface area contributed by atoms with Gasteiger partial charge < -0.3 is 43.4 Å². The molecule has 0 saturated heterocycles. The number of methoxy groups -OCH3 is 3. The molecule has 0 fully saturated rings. The van der Waals surface area contributed by atoms with Crippen molar-refractivity contribution in [3.63, 3.8) is 0 Å². The summed E-state index contributed by atoms with van der Waals surface area (Å²) in [5, 5.41) is 22.3. The van der Waals surface area contributed by atoms with Gasteiger partial charge in [0, 0.05) is 30.7 Å². The van der Waals surface area contributed by atoms with E-state index in [1.54, 1.807) is 33.5 Å². The highest BCUT2D eigenvalue weighted by molar-refractivity contribution is 5.69. The smallest absolute Gasteiger partial charge is 0.157 e. The molecule has 1 heterocycles. The SMILES string of the molecule is COc1cc(OC)c(C2(Cc3ccccc3)c3c(OCc4ccccc4)cc(OCc4ccccc4)cc3O[C@H](c3ccc(O)c(O)c3)[C@]2(Cc2ccccc2)OCc2ccccc2)c(OC)c1. The molecule has 0 radical (unpaired) electrons. The van der Waals surface area contributed by atoms with E-state index in [0.717, 1.165) is 27.8 Å². The van der Waals surface area contributed by atoms with Gasteiger partial charge in [0.25, 0.3) is 0 Å². The van der Waals surface area contributed by atoms with Gasteiger partial charge in [0.2, 0.25) is 0 Å². The Bertz CT molecular complexity index is 2890. The fraction of sp³-hybridized carbons (Fsp3) is 0.186. The topological polar surface area (TPSA) is 105 Å². The van der Waals surface area contributed by atoms with Gasteiger partial charge in [-0.15, -0.1) is 0 Å². The summed E-state index contributed by atoms with van der Waals surface area (Å²) in [6.45, 7) is 0.628. The molecule has 0 bridgehead atoms. The van der Waals surface area contributed by atoms with Crippen LogP contribution in [0.5, 0.6) is 46.0 Å². The lowest BCUT2D eigenvalue weighted by Gasteiger charge is -2.58. The summed E-state index contributed by atoms with van der Waals surface area (Å²) in [4.78, 5) is 0. The van der Waals surface area contributed by atoms with Gasteiger partial charge >= 0.3 is 0 Å². The van der Waals surface area contributed by atoms with E-state index >= 15 is 0 Å². The largest absolute Gasteiger partial charge is 0.504 e. The molecule has 0 amide bonds. The molecule has 8 aromatic rings. The van der Waals surface area contributed by atoms with E-state index in [0.29, 0.717) is 51.2 Å². The minimum Gasteiger partial charge on any atom is -0.504 e.